The number of aliphatic hydroxyl groups is 1. The third kappa shape index (κ3) is 2.44. The molecule has 3 atom stereocenters. The molecule has 1 N–H and O–H groups in total. The van der Waals surface area contributed by atoms with Gasteiger partial charge in [-0.2, -0.15) is 0 Å². The normalized spacial score (nSPS) is 28.1. The summed E-state index contributed by atoms with van der Waals surface area (Å²) in [5, 5.41) is 11.2. The van der Waals surface area contributed by atoms with E-state index < -0.39 is 12.1 Å². The third-order valence-electron chi connectivity index (χ3n) is 4.63. The minimum atomic E-state index is -0.565. The van der Waals surface area contributed by atoms with Gasteiger partial charge in [0.2, 0.25) is 0 Å². The highest BCUT2D eigenvalue weighted by molar-refractivity contribution is 6.42. The smallest absolute Gasteiger partial charge is 0.335 e. The maximum atomic E-state index is 12.3. The first-order valence-electron chi connectivity index (χ1n) is 7.10. The first-order chi connectivity index (χ1) is 10.4. The number of esters is 1. The molecule has 118 valence electrons. The molecule has 22 heavy (non-hydrogen) atoms. The topological polar surface area (TPSA) is 49.8 Å². The monoisotopic (exact) mass is 341 g/mol. The second-order valence-corrected chi connectivity index (χ2v) is 6.60. The summed E-state index contributed by atoms with van der Waals surface area (Å²) in [4.78, 5) is 14.4. The molecule has 1 fully saturated rings. The lowest BCUT2D eigenvalue weighted by Crippen LogP contribution is -2.43. The van der Waals surface area contributed by atoms with Gasteiger partial charge in [-0.1, -0.05) is 29.3 Å². The molecule has 6 heteroatoms. The molecule has 0 radical (unpaired) electrons. The number of halogens is 2. The Hall–Kier alpha value is -1.07. The molecular formula is C16H17Cl2NO3. The Bertz CT molecular complexity index is 659. The van der Waals surface area contributed by atoms with Crippen LogP contribution in [-0.4, -0.2) is 48.3 Å². The number of fused-ring (bicyclic) bond motifs is 2. The van der Waals surface area contributed by atoms with Gasteiger partial charge in [0, 0.05) is 6.04 Å². The number of hydrogen-bond acceptors (Lipinski definition) is 4. The molecular weight excluding hydrogens is 325 g/mol. The molecule has 1 aromatic carbocycles. The van der Waals surface area contributed by atoms with Crippen LogP contribution in [0.5, 0.6) is 0 Å². The van der Waals surface area contributed by atoms with Gasteiger partial charge in [-0.15, -0.1) is 0 Å². The van der Waals surface area contributed by atoms with E-state index in [-0.39, 0.29) is 12.1 Å². The van der Waals surface area contributed by atoms with Gasteiger partial charge in [-0.05, 0) is 43.2 Å². The van der Waals surface area contributed by atoms with Crippen LogP contribution in [-0.2, 0) is 9.53 Å². The van der Waals surface area contributed by atoms with E-state index in [1.54, 1.807) is 12.1 Å². The second kappa shape index (κ2) is 5.85. The van der Waals surface area contributed by atoms with Crippen molar-refractivity contribution in [2.75, 3.05) is 14.2 Å². The summed E-state index contributed by atoms with van der Waals surface area (Å²) < 4.78 is 4.95. The van der Waals surface area contributed by atoms with Crippen molar-refractivity contribution in [3.63, 3.8) is 0 Å². The van der Waals surface area contributed by atoms with Gasteiger partial charge in [0.05, 0.1) is 34.9 Å². The van der Waals surface area contributed by atoms with E-state index in [0.29, 0.717) is 28.5 Å². The van der Waals surface area contributed by atoms with Crippen molar-refractivity contribution in [1.82, 2.24) is 4.90 Å². The van der Waals surface area contributed by atoms with Crippen molar-refractivity contribution in [1.29, 1.82) is 0 Å². The van der Waals surface area contributed by atoms with Gasteiger partial charge < -0.3 is 9.84 Å². The van der Waals surface area contributed by atoms with Crippen molar-refractivity contribution in [3.05, 3.63) is 39.4 Å². The highest BCUT2D eigenvalue weighted by atomic mass is 35.5. The Morgan fingerprint density at radius 3 is 2.73 bits per heavy atom. The average molecular weight is 342 g/mol. The fourth-order valence-corrected chi connectivity index (χ4v) is 3.83. The molecule has 1 aromatic rings. The van der Waals surface area contributed by atoms with E-state index in [4.69, 9.17) is 27.9 Å². The fourth-order valence-electron chi connectivity index (χ4n) is 3.53. The highest BCUT2D eigenvalue weighted by Crippen LogP contribution is 2.43. The maximum Gasteiger partial charge on any atom is 0.335 e. The van der Waals surface area contributed by atoms with E-state index in [2.05, 4.69) is 4.90 Å². The molecule has 2 bridgehead atoms. The predicted octanol–water partition coefficient (Wildman–Crippen LogP) is 2.76. The number of ether oxygens (including phenoxy) is 1. The zero-order valence-electron chi connectivity index (χ0n) is 12.3. The molecule has 2 aliphatic heterocycles. The predicted molar refractivity (Wildman–Crippen MR) is 86.0 cm³/mol. The molecule has 3 rings (SSSR count). The minimum absolute atomic E-state index is 0.206. The largest absolute Gasteiger partial charge is 0.466 e. The van der Waals surface area contributed by atoms with Crippen LogP contribution in [0.25, 0.3) is 5.57 Å². The summed E-state index contributed by atoms with van der Waals surface area (Å²) in [6.45, 7) is 0. The van der Waals surface area contributed by atoms with Crippen molar-refractivity contribution < 1.29 is 14.6 Å². The summed E-state index contributed by atoms with van der Waals surface area (Å²) in [7, 11) is 3.29. The van der Waals surface area contributed by atoms with Crippen LogP contribution in [0.3, 0.4) is 0 Å². The first kappa shape index (κ1) is 15.8. The van der Waals surface area contributed by atoms with E-state index in [0.717, 1.165) is 11.1 Å². The van der Waals surface area contributed by atoms with Gasteiger partial charge in [0.15, 0.2) is 0 Å². The molecule has 1 unspecified atom stereocenters. The lowest BCUT2D eigenvalue weighted by Gasteiger charge is -2.34. The van der Waals surface area contributed by atoms with E-state index in [1.807, 2.05) is 13.1 Å². The molecule has 2 aliphatic rings. The third-order valence-corrected chi connectivity index (χ3v) is 5.37. The number of methoxy groups -OCH3 is 1. The molecule has 0 spiro atoms. The van der Waals surface area contributed by atoms with E-state index in [9.17, 15) is 9.90 Å². The van der Waals surface area contributed by atoms with Crippen LogP contribution in [0.2, 0.25) is 10.0 Å². The summed E-state index contributed by atoms with van der Waals surface area (Å²) >= 11 is 12.1. The molecule has 0 aliphatic carbocycles. The number of rotatable bonds is 2. The summed E-state index contributed by atoms with van der Waals surface area (Å²) in [5.74, 6) is -0.405. The Labute approximate surface area is 139 Å². The Morgan fingerprint density at radius 1 is 1.36 bits per heavy atom. The number of nitrogens with zero attached hydrogens (tertiary/aromatic N) is 1. The molecule has 2 heterocycles. The van der Waals surface area contributed by atoms with Gasteiger partial charge in [0.25, 0.3) is 0 Å². The van der Waals surface area contributed by atoms with Crippen molar-refractivity contribution >= 4 is 34.7 Å². The van der Waals surface area contributed by atoms with E-state index >= 15 is 0 Å². The number of carbonyl (C=O) groups excluding carboxylic acids is 1. The van der Waals surface area contributed by atoms with Crippen molar-refractivity contribution in [2.24, 2.45) is 0 Å². The van der Waals surface area contributed by atoms with Crippen LogP contribution in [0, 0.1) is 0 Å². The van der Waals surface area contributed by atoms with Gasteiger partial charge in [0.1, 0.15) is 0 Å². The summed E-state index contributed by atoms with van der Waals surface area (Å²) in [5.41, 5.74) is 2.26. The number of hydrogen-bond donors (Lipinski definition) is 1. The number of carbonyl (C=O) groups is 1. The Kier molecular flexibility index (Phi) is 4.21. The quantitative estimate of drug-likeness (QED) is 0.840. The number of aliphatic hydroxyl groups excluding tert-OH is 1. The van der Waals surface area contributed by atoms with Crippen LogP contribution < -0.4 is 0 Å². The lowest BCUT2D eigenvalue weighted by molar-refractivity contribution is -0.137. The zero-order chi connectivity index (χ0) is 16.0. The zero-order valence-corrected chi connectivity index (χ0v) is 13.9. The van der Waals surface area contributed by atoms with Crippen LogP contribution >= 0.6 is 23.2 Å². The standard InChI is InChI=1S/C16H17Cl2NO3/c1-19-9-6-10(8-3-4-11(17)12(18)5-8)14(16(21)22-2)15(19)13(20)7-9/h3-5,9,13,15,20H,6-7H2,1-2H3/t9?,13-,15-/m1/s1. The average Bonchev–Trinajstić information content (AvgIpc) is 2.68. The SMILES string of the molecule is COC(=O)C1=C(c2ccc(Cl)c(Cl)c2)CC2C[C@@H](O)[C@H]1N2C. The van der Waals surface area contributed by atoms with Crippen molar-refractivity contribution in [3.8, 4) is 0 Å². The van der Waals surface area contributed by atoms with Gasteiger partial charge >= 0.3 is 5.97 Å². The van der Waals surface area contributed by atoms with Crippen LogP contribution in [0.15, 0.2) is 23.8 Å². The Morgan fingerprint density at radius 2 is 2.09 bits per heavy atom. The van der Waals surface area contributed by atoms with Gasteiger partial charge in [-0.25, -0.2) is 4.79 Å². The second-order valence-electron chi connectivity index (χ2n) is 5.78. The van der Waals surface area contributed by atoms with Crippen molar-refractivity contribution in [2.45, 2.75) is 31.0 Å². The number of benzene rings is 1. The molecule has 4 nitrogen and oxygen atoms in total. The maximum absolute atomic E-state index is 12.3. The molecule has 0 amide bonds. The fraction of sp³-hybridized carbons (Fsp3) is 0.438. The first-order valence-corrected chi connectivity index (χ1v) is 7.86. The molecule has 0 saturated carbocycles. The summed E-state index contributed by atoms with van der Waals surface area (Å²) in [6.07, 6.45) is 0.753. The Balaban J connectivity index is 2.16. The number of likely N-dealkylation sites (N-methyl/N-ethyl adjacent to an activating group) is 1. The molecule has 1 saturated heterocycles. The van der Waals surface area contributed by atoms with Gasteiger partial charge in [-0.3, -0.25) is 4.90 Å². The van der Waals surface area contributed by atoms with E-state index in [1.165, 1.54) is 7.11 Å². The summed E-state index contributed by atoms with van der Waals surface area (Å²) in [6, 6.07) is 5.20. The highest BCUT2D eigenvalue weighted by Gasteiger charge is 2.47. The lowest BCUT2D eigenvalue weighted by atomic mass is 9.88. The van der Waals surface area contributed by atoms with Crippen LogP contribution in [0.4, 0.5) is 0 Å². The molecule has 0 aromatic heterocycles. The van der Waals surface area contributed by atoms with Crippen LogP contribution in [0.1, 0.15) is 18.4 Å². The minimum Gasteiger partial charge on any atom is -0.466 e.